The Morgan fingerprint density at radius 1 is 1.20 bits per heavy atom. The lowest BCUT2D eigenvalue weighted by molar-refractivity contribution is 0.229. The zero-order valence-corrected chi connectivity index (χ0v) is 9.41. The highest BCUT2D eigenvalue weighted by Crippen LogP contribution is 2.28. The van der Waals surface area contributed by atoms with Crippen molar-refractivity contribution in [1.29, 1.82) is 0 Å². The number of rotatable bonds is 5. The van der Waals surface area contributed by atoms with Crippen LogP contribution in [-0.2, 0) is 0 Å². The molecule has 0 rings (SSSR count). The molecule has 1 N–H and O–H groups in total. The van der Waals surface area contributed by atoms with Gasteiger partial charge in [0.25, 0.3) is 0 Å². The highest BCUT2D eigenvalue weighted by Gasteiger charge is 2.15. The van der Waals surface area contributed by atoms with Gasteiger partial charge in [0.1, 0.15) is 0 Å². The lowest BCUT2D eigenvalue weighted by Crippen LogP contribution is -2.07. The molecule has 0 aromatic carbocycles. The second-order valence-electron chi connectivity index (χ2n) is 2.48. The highest BCUT2D eigenvalue weighted by atomic mass is 79.9. The number of unbranched alkanes of at least 4 members (excludes halogenated alkanes) is 3. The van der Waals surface area contributed by atoms with Crippen molar-refractivity contribution in [2.75, 3.05) is 0 Å². The summed E-state index contributed by atoms with van der Waals surface area (Å²) in [7, 11) is 0. The van der Waals surface area contributed by atoms with Gasteiger partial charge < -0.3 is 5.11 Å². The Labute approximate surface area is 79.5 Å². The van der Waals surface area contributed by atoms with Gasteiger partial charge in [-0.05, 0) is 44.7 Å². The van der Waals surface area contributed by atoms with Gasteiger partial charge in [0.2, 0.25) is 0 Å². The lowest BCUT2D eigenvalue weighted by Gasteiger charge is -2.11. The average Bonchev–Trinajstić information content (AvgIpc) is 1.78. The standard InChI is InChI=1S/C7H14Br2O/c1-2-3-4-5-6-7(8,9)10/h10H,2-6H2,1H3. The summed E-state index contributed by atoms with van der Waals surface area (Å²) in [5.74, 6) is 0. The first-order valence-electron chi connectivity index (χ1n) is 3.66. The SMILES string of the molecule is CCCCCCC(O)(Br)Br. The van der Waals surface area contributed by atoms with E-state index in [9.17, 15) is 0 Å². The summed E-state index contributed by atoms with van der Waals surface area (Å²) < 4.78 is -0.826. The largest absolute Gasteiger partial charge is 0.369 e. The van der Waals surface area contributed by atoms with Crippen LogP contribution in [0, 0.1) is 0 Å². The molecule has 62 valence electrons. The first kappa shape index (κ1) is 10.9. The molecule has 1 nitrogen and oxygen atoms in total. The van der Waals surface area contributed by atoms with Crippen LogP contribution < -0.4 is 0 Å². The number of alkyl halides is 2. The average molecular weight is 274 g/mol. The molecule has 0 saturated carbocycles. The topological polar surface area (TPSA) is 20.2 Å². The predicted octanol–water partition coefficient (Wildman–Crippen LogP) is 3.39. The molecule has 0 spiro atoms. The molecule has 0 amide bonds. The molecule has 0 aliphatic carbocycles. The molecule has 10 heavy (non-hydrogen) atoms. The van der Waals surface area contributed by atoms with E-state index in [1.807, 2.05) is 0 Å². The van der Waals surface area contributed by atoms with Gasteiger partial charge in [-0.2, -0.15) is 0 Å². The monoisotopic (exact) mass is 272 g/mol. The third-order valence-electron chi connectivity index (χ3n) is 1.33. The maximum atomic E-state index is 9.15. The third kappa shape index (κ3) is 8.92. The smallest absolute Gasteiger partial charge is 0.174 e. The number of hydrogen-bond acceptors (Lipinski definition) is 1. The summed E-state index contributed by atoms with van der Waals surface area (Å²) in [6.45, 7) is 2.18. The minimum absolute atomic E-state index is 0.771. The molecule has 0 atom stereocenters. The van der Waals surface area contributed by atoms with Crippen LogP contribution in [0.25, 0.3) is 0 Å². The van der Waals surface area contributed by atoms with Gasteiger partial charge in [0.05, 0.1) is 0 Å². The highest BCUT2D eigenvalue weighted by molar-refractivity contribution is 9.25. The summed E-state index contributed by atoms with van der Waals surface area (Å²) in [6, 6.07) is 0. The van der Waals surface area contributed by atoms with Crippen LogP contribution in [-0.4, -0.2) is 8.53 Å². The van der Waals surface area contributed by atoms with Gasteiger partial charge in [-0.15, -0.1) is 0 Å². The van der Waals surface area contributed by atoms with Gasteiger partial charge in [0.15, 0.2) is 3.42 Å². The Hall–Kier alpha value is 0.920. The molecule has 0 bridgehead atoms. The van der Waals surface area contributed by atoms with Crippen molar-refractivity contribution in [2.45, 2.75) is 42.4 Å². The fourth-order valence-corrected chi connectivity index (χ4v) is 1.33. The molecule has 0 fully saturated rings. The van der Waals surface area contributed by atoms with E-state index >= 15 is 0 Å². The predicted molar refractivity (Wildman–Crippen MR) is 51.6 cm³/mol. The zero-order chi connectivity index (χ0) is 8.04. The van der Waals surface area contributed by atoms with E-state index in [1.165, 1.54) is 19.3 Å². The second kappa shape index (κ2) is 5.56. The van der Waals surface area contributed by atoms with Crippen molar-refractivity contribution in [1.82, 2.24) is 0 Å². The van der Waals surface area contributed by atoms with Crippen LogP contribution >= 0.6 is 31.9 Å². The molecular weight excluding hydrogens is 260 g/mol. The van der Waals surface area contributed by atoms with Crippen molar-refractivity contribution < 1.29 is 5.11 Å². The van der Waals surface area contributed by atoms with Crippen molar-refractivity contribution >= 4 is 31.9 Å². The number of aliphatic hydroxyl groups is 1. The van der Waals surface area contributed by atoms with Crippen LogP contribution in [0.5, 0.6) is 0 Å². The van der Waals surface area contributed by atoms with Crippen LogP contribution in [0.15, 0.2) is 0 Å². The molecule has 0 saturated heterocycles. The van der Waals surface area contributed by atoms with E-state index in [1.54, 1.807) is 0 Å². The molecular formula is C7H14Br2O. The zero-order valence-electron chi connectivity index (χ0n) is 6.24. The Bertz CT molecular complexity index is 78.2. The summed E-state index contributed by atoms with van der Waals surface area (Å²) in [6.07, 6.45) is 5.54. The first-order chi connectivity index (χ1) is 4.56. The van der Waals surface area contributed by atoms with Gasteiger partial charge in [-0.3, -0.25) is 0 Å². The Kier molecular flexibility index (Phi) is 6.07. The molecule has 3 heteroatoms. The maximum absolute atomic E-state index is 9.15. The fraction of sp³-hybridized carbons (Fsp3) is 1.00. The summed E-state index contributed by atoms with van der Waals surface area (Å²) in [5, 5.41) is 9.15. The second-order valence-corrected chi connectivity index (χ2v) is 6.16. The fourth-order valence-electron chi connectivity index (χ4n) is 0.764. The normalized spacial score (nSPS) is 12.0. The van der Waals surface area contributed by atoms with E-state index in [-0.39, 0.29) is 0 Å². The molecule has 0 aromatic rings. The number of hydrogen-bond donors (Lipinski definition) is 1. The summed E-state index contributed by atoms with van der Waals surface area (Å²) in [5.41, 5.74) is 0. The van der Waals surface area contributed by atoms with Crippen LogP contribution in [0.1, 0.15) is 39.0 Å². The van der Waals surface area contributed by atoms with E-state index in [0.717, 1.165) is 12.8 Å². The molecule has 0 unspecified atom stereocenters. The van der Waals surface area contributed by atoms with Crippen LogP contribution in [0.4, 0.5) is 0 Å². The van der Waals surface area contributed by atoms with Crippen LogP contribution in [0.2, 0.25) is 0 Å². The number of halogens is 2. The van der Waals surface area contributed by atoms with Crippen molar-refractivity contribution in [3.63, 3.8) is 0 Å². The Balaban J connectivity index is 3.04. The lowest BCUT2D eigenvalue weighted by atomic mass is 10.2. The van der Waals surface area contributed by atoms with Crippen LogP contribution in [0.3, 0.4) is 0 Å². The summed E-state index contributed by atoms with van der Waals surface area (Å²) >= 11 is 6.21. The Morgan fingerprint density at radius 2 is 1.80 bits per heavy atom. The van der Waals surface area contributed by atoms with E-state index in [4.69, 9.17) is 5.11 Å². The van der Waals surface area contributed by atoms with Crippen molar-refractivity contribution in [3.05, 3.63) is 0 Å². The molecule has 0 aliphatic rings. The minimum Gasteiger partial charge on any atom is -0.369 e. The van der Waals surface area contributed by atoms with Crippen molar-refractivity contribution in [3.8, 4) is 0 Å². The van der Waals surface area contributed by atoms with Gasteiger partial charge in [0, 0.05) is 0 Å². The van der Waals surface area contributed by atoms with Gasteiger partial charge in [-0.25, -0.2) is 0 Å². The first-order valence-corrected chi connectivity index (χ1v) is 5.25. The summed E-state index contributed by atoms with van der Waals surface area (Å²) in [4.78, 5) is 0. The van der Waals surface area contributed by atoms with Crippen molar-refractivity contribution in [2.24, 2.45) is 0 Å². The Morgan fingerprint density at radius 3 is 2.20 bits per heavy atom. The molecule has 0 heterocycles. The molecule has 0 aliphatic heterocycles. The quantitative estimate of drug-likeness (QED) is 0.601. The van der Waals surface area contributed by atoms with E-state index in [0.29, 0.717) is 0 Å². The van der Waals surface area contributed by atoms with E-state index < -0.39 is 3.42 Å². The molecule has 0 aromatic heterocycles. The van der Waals surface area contributed by atoms with Gasteiger partial charge in [-0.1, -0.05) is 26.2 Å². The van der Waals surface area contributed by atoms with Gasteiger partial charge >= 0.3 is 0 Å². The maximum Gasteiger partial charge on any atom is 0.174 e. The minimum atomic E-state index is -0.826. The molecule has 0 radical (unpaired) electrons. The van der Waals surface area contributed by atoms with E-state index in [2.05, 4.69) is 38.8 Å². The third-order valence-corrected chi connectivity index (χ3v) is 2.12.